The maximum atomic E-state index is 12.8. The molecule has 0 fully saturated rings. The minimum Gasteiger partial charge on any atom is -0.350 e. The Morgan fingerprint density at radius 1 is 1.23 bits per heavy atom. The van der Waals surface area contributed by atoms with Crippen molar-refractivity contribution >= 4 is 22.9 Å². The molecule has 0 radical (unpaired) electrons. The standard InChI is InChI=1S/C23H26N6OS/c1-4-28(5-2)16(3)14-25-23(30)17-8-10-24-20(13-17)18-15-26-29-11-9-19(27-22(18)29)21-7-6-12-31-21/h6-13,15-16H,4-5,14H2,1-3H3,(H,25,30)/t16-/m0/s1. The van der Waals surface area contributed by atoms with Crippen molar-refractivity contribution in [1.82, 2.24) is 29.8 Å². The van der Waals surface area contributed by atoms with Gasteiger partial charge < -0.3 is 5.32 Å². The van der Waals surface area contributed by atoms with Crippen molar-refractivity contribution in [2.45, 2.75) is 26.8 Å². The number of pyridine rings is 1. The van der Waals surface area contributed by atoms with Crippen LogP contribution in [0.3, 0.4) is 0 Å². The third-order valence-electron chi connectivity index (χ3n) is 5.43. The van der Waals surface area contributed by atoms with E-state index in [1.54, 1.807) is 40.4 Å². The number of aromatic nitrogens is 4. The lowest BCUT2D eigenvalue weighted by Crippen LogP contribution is -2.42. The van der Waals surface area contributed by atoms with Crippen LogP contribution in [0.25, 0.3) is 27.5 Å². The molecule has 1 N–H and O–H groups in total. The minimum absolute atomic E-state index is 0.105. The van der Waals surface area contributed by atoms with Gasteiger partial charge in [0, 0.05) is 30.5 Å². The van der Waals surface area contributed by atoms with Gasteiger partial charge in [-0.3, -0.25) is 14.7 Å². The molecule has 160 valence electrons. The molecular formula is C23H26N6OS. The van der Waals surface area contributed by atoms with E-state index in [0.717, 1.165) is 29.2 Å². The lowest BCUT2D eigenvalue weighted by Gasteiger charge is -2.26. The molecule has 1 atom stereocenters. The highest BCUT2D eigenvalue weighted by atomic mass is 32.1. The number of hydrogen-bond donors (Lipinski definition) is 1. The fourth-order valence-corrected chi connectivity index (χ4v) is 4.34. The molecule has 4 rings (SSSR count). The summed E-state index contributed by atoms with van der Waals surface area (Å²) in [5.74, 6) is -0.105. The van der Waals surface area contributed by atoms with Crippen molar-refractivity contribution < 1.29 is 4.79 Å². The first kappa shape index (κ1) is 21.1. The Labute approximate surface area is 185 Å². The van der Waals surface area contributed by atoms with Gasteiger partial charge in [-0.2, -0.15) is 5.10 Å². The van der Waals surface area contributed by atoms with Gasteiger partial charge in [0.2, 0.25) is 0 Å². The van der Waals surface area contributed by atoms with E-state index >= 15 is 0 Å². The number of thiophene rings is 1. The molecule has 31 heavy (non-hydrogen) atoms. The van der Waals surface area contributed by atoms with Crippen LogP contribution in [0.5, 0.6) is 0 Å². The summed E-state index contributed by atoms with van der Waals surface area (Å²) in [4.78, 5) is 25.4. The van der Waals surface area contributed by atoms with Gasteiger partial charge in [0.05, 0.1) is 28.0 Å². The predicted molar refractivity (Wildman–Crippen MR) is 124 cm³/mol. The molecule has 0 aromatic carbocycles. The SMILES string of the molecule is CCN(CC)[C@@H](C)CNC(=O)c1ccnc(-c2cnn3ccc(-c4cccs4)nc23)c1. The summed E-state index contributed by atoms with van der Waals surface area (Å²) < 4.78 is 1.73. The Bertz CT molecular complexity index is 1170. The van der Waals surface area contributed by atoms with Crippen LogP contribution in [0.1, 0.15) is 31.1 Å². The Morgan fingerprint density at radius 3 is 2.81 bits per heavy atom. The molecule has 0 saturated heterocycles. The van der Waals surface area contributed by atoms with Crippen LogP contribution in [0, 0.1) is 0 Å². The zero-order valence-electron chi connectivity index (χ0n) is 17.9. The molecule has 0 saturated carbocycles. The van der Waals surface area contributed by atoms with E-state index in [2.05, 4.69) is 41.1 Å². The van der Waals surface area contributed by atoms with E-state index in [9.17, 15) is 4.79 Å². The molecule has 1 amide bonds. The lowest BCUT2D eigenvalue weighted by atomic mass is 10.1. The number of nitrogens with one attached hydrogen (secondary N) is 1. The summed E-state index contributed by atoms with van der Waals surface area (Å²) in [6.07, 6.45) is 5.30. The fourth-order valence-electron chi connectivity index (χ4n) is 3.65. The third kappa shape index (κ3) is 4.50. The summed E-state index contributed by atoms with van der Waals surface area (Å²) in [5, 5.41) is 9.47. The second kappa shape index (κ2) is 9.36. The maximum absolute atomic E-state index is 12.8. The Kier molecular flexibility index (Phi) is 6.39. The molecule has 0 aliphatic heterocycles. The van der Waals surface area contributed by atoms with Crippen LogP contribution < -0.4 is 5.32 Å². The number of carbonyl (C=O) groups excluding carboxylic acids is 1. The first-order valence-corrected chi connectivity index (χ1v) is 11.4. The zero-order chi connectivity index (χ0) is 21.8. The molecule has 0 aliphatic carbocycles. The van der Waals surface area contributed by atoms with Crippen LogP contribution >= 0.6 is 11.3 Å². The number of fused-ring (bicyclic) bond motifs is 1. The summed E-state index contributed by atoms with van der Waals surface area (Å²) in [6.45, 7) is 8.90. The summed E-state index contributed by atoms with van der Waals surface area (Å²) in [7, 11) is 0. The maximum Gasteiger partial charge on any atom is 0.251 e. The molecule has 0 aliphatic rings. The van der Waals surface area contributed by atoms with Crippen LogP contribution in [0.4, 0.5) is 0 Å². The number of rotatable bonds is 8. The normalized spacial score (nSPS) is 12.4. The molecule has 4 aromatic heterocycles. The quantitative estimate of drug-likeness (QED) is 0.454. The minimum atomic E-state index is -0.105. The third-order valence-corrected chi connectivity index (χ3v) is 6.33. The molecule has 4 aromatic rings. The average Bonchev–Trinajstić information content (AvgIpc) is 3.48. The van der Waals surface area contributed by atoms with Crippen LogP contribution in [-0.4, -0.2) is 56.1 Å². The first-order chi connectivity index (χ1) is 15.1. The molecule has 0 unspecified atom stereocenters. The van der Waals surface area contributed by atoms with Gasteiger partial charge in [0.1, 0.15) is 0 Å². The second-order valence-corrected chi connectivity index (χ2v) is 8.27. The van der Waals surface area contributed by atoms with Crippen LogP contribution in [0.2, 0.25) is 0 Å². The Balaban J connectivity index is 1.57. The molecule has 0 spiro atoms. The molecule has 0 bridgehead atoms. The largest absolute Gasteiger partial charge is 0.350 e. The predicted octanol–water partition coefficient (Wildman–Crippen LogP) is 3.98. The number of likely N-dealkylation sites (N-methyl/N-ethyl adjacent to an activating group) is 1. The van der Waals surface area contributed by atoms with Crippen molar-refractivity contribution in [3.05, 3.63) is 59.9 Å². The summed E-state index contributed by atoms with van der Waals surface area (Å²) in [5.41, 5.74) is 3.65. The van der Waals surface area contributed by atoms with Crippen molar-refractivity contribution in [3.63, 3.8) is 0 Å². The highest BCUT2D eigenvalue weighted by molar-refractivity contribution is 7.13. The number of nitrogens with zero attached hydrogens (tertiary/aromatic N) is 5. The zero-order valence-corrected chi connectivity index (χ0v) is 18.8. The highest BCUT2D eigenvalue weighted by Crippen LogP contribution is 2.27. The summed E-state index contributed by atoms with van der Waals surface area (Å²) >= 11 is 1.64. The van der Waals surface area contributed by atoms with Crippen molar-refractivity contribution in [2.24, 2.45) is 0 Å². The Morgan fingerprint density at radius 2 is 2.06 bits per heavy atom. The number of hydrogen-bond acceptors (Lipinski definition) is 6. The van der Waals surface area contributed by atoms with Gasteiger partial charge in [-0.15, -0.1) is 11.3 Å². The van der Waals surface area contributed by atoms with Gasteiger partial charge in [0.15, 0.2) is 5.65 Å². The first-order valence-electron chi connectivity index (χ1n) is 10.5. The van der Waals surface area contributed by atoms with Crippen molar-refractivity contribution in [2.75, 3.05) is 19.6 Å². The van der Waals surface area contributed by atoms with Crippen molar-refractivity contribution in [3.8, 4) is 21.8 Å². The van der Waals surface area contributed by atoms with E-state index in [1.807, 2.05) is 29.8 Å². The monoisotopic (exact) mass is 434 g/mol. The second-order valence-electron chi connectivity index (χ2n) is 7.33. The fraction of sp³-hybridized carbons (Fsp3) is 0.304. The van der Waals surface area contributed by atoms with E-state index in [4.69, 9.17) is 4.98 Å². The molecular weight excluding hydrogens is 408 g/mol. The van der Waals surface area contributed by atoms with Gasteiger partial charge in [-0.05, 0) is 49.7 Å². The molecule has 7 nitrogen and oxygen atoms in total. The Hall–Kier alpha value is -3.10. The van der Waals surface area contributed by atoms with E-state index in [-0.39, 0.29) is 11.9 Å². The molecule has 4 heterocycles. The topological polar surface area (TPSA) is 75.4 Å². The van der Waals surface area contributed by atoms with Crippen LogP contribution in [0.15, 0.2) is 54.3 Å². The van der Waals surface area contributed by atoms with Gasteiger partial charge in [0.25, 0.3) is 5.91 Å². The number of carbonyl (C=O) groups is 1. The number of amides is 1. The smallest absolute Gasteiger partial charge is 0.251 e. The summed E-state index contributed by atoms with van der Waals surface area (Å²) in [6, 6.07) is 9.81. The highest BCUT2D eigenvalue weighted by Gasteiger charge is 2.15. The van der Waals surface area contributed by atoms with E-state index in [1.165, 1.54) is 0 Å². The van der Waals surface area contributed by atoms with Crippen LogP contribution in [-0.2, 0) is 0 Å². The van der Waals surface area contributed by atoms with E-state index < -0.39 is 0 Å². The van der Waals surface area contributed by atoms with Crippen molar-refractivity contribution in [1.29, 1.82) is 0 Å². The average molecular weight is 435 g/mol. The van der Waals surface area contributed by atoms with Gasteiger partial charge in [-0.1, -0.05) is 19.9 Å². The van der Waals surface area contributed by atoms with Gasteiger partial charge >= 0.3 is 0 Å². The van der Waals surface area contributed by atoms with Gasteiger partial charge in [-0.25, -0.2) is 9.50 Å². The molecule has 8 heteroatoms. The lowest BCUT2D eigenvalue weighted by molar-refractivity contribution is 0.0938. The van der Waals surface area contributed by atoms with E-state index in [0.29, 0.717) is 23.4 Å².